The topological polar surface area (TPSA) is 105 Å². The van der Waals surface area contributed by atoms with E-state index in [0.29, 0.717) is 29.9 Å². The fraction of sp³-hybridized carbons (Fsp3) is 0.583. The number of carbonyl (C=O) groups excluding carboxylic acids is 4. The number of aryl methyl sites for hydroxylation is 1. The predicted octanol–water partition coefficient (Wildman–Crippen LogP) is 2.34. The smallest absolute Gasteiger partial charge is 0.261 e. The maximum Gasteiger partial charge on any atom is 0.261 e. The first-order valence-corrected chi connectivity index (χ1v) is 11.6. The molecule has 1 aromatic rings. The Balaban J connectivity index is 1.47. The molecule has 0 spiro atoms. The standard InChI is InChI=1S/C24H33N3O5/c1-17-15-19(32-14-4-2-3-5-18-10-12-25-13-11-18)6-7-20(17)24(31)27(16-28)21-8-9-22(29)26-23(21)30/h6-7,15-16,18,21,25H,2-5,8-14H2,1H3,(H,26,29,30). The second kappa shape index (κ2) is 11.8. The minimum Gasteiger partial charge on any atom is -0.494 e. The van der Waals surface area contributed by atoms with Crippen molar-refractivity contribution >= 4 is 24.1 Å². The highest BCUT2D eigenvalue weighted by Crippen LogP contribution is 2.22. The molecule has 1 unspecified atom stereocenters. The lowest BCUT2D eigenvalue weighted by molar-refractivity contribution is -0.139. The highest BCUT2D eigenvalue weighted by Gasteiger charge is 2.35. The number of benzene rings is 1. The molecule has 0 aliphatic carbocycles. The molecular weight excluding hydrogens is 410 g/mol. The van der Waals surface area contributed by atoms with Crippen molar-refractivity contribution in [3.8, 4) is 5.75 Å². The Morgan fingerprint density at radius 1 is 1.16 bits per heavy atom. The minimum atomic E-state index is -0.974. The van der Waals surface area contributed by atoms with Gasteiger partial charge in [0, 0.05) is 12.0 Å². The fourth-order valence-electron chi connectivity index (χ4n) is 4.39. The molecule has 2 aliphatic rings. The Morgan fingerprint density at radius 3 is 2.62 bits per heavy atom. The van der Waals surface area contributed by atoms with E-state index in [0.717, 1.165) is 36.7 Å². The summed E-state index contributed by atoms with van der Waals surface area (Å²) in [6, 6.07) is 4.13. The lowest BCUT2D eigenvalue weighted by Gasteiger charge is -2.28. The zero-order chi connectivity index (χ0) is 22.9. The first kappa shape index (κ1) is 23.9. The number of nitrogens with one attached hydrogen (secondary N) is 2. The van der Waals surface area contributed by atoms with Crippen LogP contribution in [0.25, 0.3) is 0 Å². The molecule has 0 radical (unpaired) electrons. The molecule has 174 valence electrons. The van der Waals surface area contributed by atoms with E-state index in [2.05, 4.69) is 10.6 Å². The third kappa shape index (κ3) is 6.38. The number of unbranched alkanes of at least 4 members (excludes halogenated alkanes) is 2. The van der Waals surface area contributed by atoms with Crippen LogP contribution in [0, 0.1) is 12.8 Å². The van der Waals surface area contributed by atoms with Gasteiger partial charge in [-0.2, -0.15) is 0 Å². The molecule has 1 atom stereocenters. The van der Waals surface area contributed by atoms with Crippen molar-refractivity contribution in [2.45, 2.75) is 64.3 Å². The van der Waals surface area contributed by atoms with Gasteiger partial charge in [-0.05, 0) is 75.4 Å². The summed E-state index contributed by atoms with van der Waals surface area (Å²) in [7, 11) is 0. The number of hydrogen-bond acceptors (Lipinski definition) is 6. The van der Waals surface area contributed by atoms with E-state index in [1.54, 1.807) is 25.1 Å². The van der Waals surface area contributed by atoms with Gasteiger partial charge in [0.2, 0.25) is 18.2 Å². The van der Waals surface area contributed by atoms with E-state index >= 15 is 0 Å². The molecule has 3 rings (SSSR count). The zero-order valence-corrected chi connectivity index (χ0v) is 18.7. The SMILES string of the molecule is Cc1cc(OCCCCCC2CCNCC2)ccc1C(=O)N(C=O)C1CCC(=O)NC1=O. The number of hydrogen-bond donors (Lipinski definition) is 2. The molecule has 32 heavy (non-hydrogen) atoms. The molecular formula is C24H33N3O5. The number of piperidine rings is 2. The summed E-state index contributed by atoms with van der Waals surface area (Å²) in [5.74, 6) is -0.0449. The zero-order valence-electron chi connectivity index (χ0n) is 18.7. The van der Waals surface area contributed by atoms with Crippen molar-refractivity contribution in [2.24, 2.45) is 5.92 Å². The molecule has 1 aromatic carbocycles. The van der Waals surface area contributed by atoms with Crippen LogP contribution < -0.4 is 15.4 Å². The third-order valence-electron chi connectivity index (χ3n) is 6.31. The molecule has 8 nitrogen and oxygen atoms in total. The Kier molecular flexibility index (Phi) is 8.79. The van der Waals surface area contributed by atoms with Gasteiger partial charge in [-0.25, -0.2) is 0 Å². The number of imide groups is 2. The Bertz CT molecular complexity index is 835. The van der Waals surface area contributed by atoms with Crippen LogP contribution in [0.4, 0.5) is 0 Å². The summed E-state index contributed by atoms with van der Waals surface area (Å²) >= 11 is 0. The largest absolute Gasteiger partial charge is 0.494 e. The van der Waals surface area contributed by atoms with Crippen molar-refractivity contribution in [3.63, 3.8) is 0 Å². The average molecular weight is 444 g/mol. The Hall–Kier alpha value is -2.74. The van der Waals surface area contributed by atoms with E-state index in [4.69, 9.17) is 4.74 Å². The Labute approximate surface area is 189 Å². The summed E-state index contributed by atoms with van der Waals surface area (Å²) in [5.41, 5.74) is 0.994. The Morgan fingerprint density at radius 2 is 1.94 bits per heavy atom. The van der Waals surface area contributed by atoms with Crippen molar-refractivity contribution in [2.75, 3.05) is 19.7 Å². The number of amides is 4. The van der Waals surface area contributed by atoms with Crippen LogP contribution in [-0.4, -0.2) is 54.8 Å². The second-order valence-electron chi connectivity index (χ2n) is 8.65. The summed E-state index contributed by atoms with van der Waals surface area (Å²) in [6.45, 7) is 4.68. The van der Waals surface area contributed by atoms with Crippen molar-refractivity contribution < 1.29 is 23.9 Å². The van der Waals surface area contributed by atoms with Gasteiger partial charge in [-0.3, -0.25) is 29.4 Å². The fourth-order valence-corrected chi connectivity index (χ4v) is 4.39. The maximum atomic E-state index is 12.9. The van der Waals surface area contributed by atoms with Gasteiger partial charge in [0.05, 0.1) is 6.61 Å². The summed E-state index contributed by atoms with van der Waals surface area (Å²) in [4.78, 5) is 48.7. The van der Waals surface area contributed by atoms with Crippen molar-refractivity contribution in [3.05, 3.63) is 29.3 Å². The van der Waals surface area contributed by atoms with Crippen LogP contribution in [0.1, 0.15) is 67.3 Å². The van der Waals surface area contributed by atoms with Crippen LogP contribution in [-0.2, 0) is 14.4 Å². The van der Waals surface area contributed by atoms with Crippen molar-refractivity contribution in [1.82, 2.24) is 15.5 Å². The molecule has 2 heterocycles. The number of nitrogens with zero attached hydrogens (tertiary/aromatic N) is 1. The summed E-state index contributed by atoms with van der Waals surface area (Å²) < 4.78 is 5.84. The summed E-state index contributed by atoms with van der Waals surface area (Å²) in [6.07, 6.45) is 7.79. The van der Waals surface area contributed by atoms with Gasteiger partial charge in [-0.15, -0.1) is 0 Å². The van der Waals surface area contributed by atoms with Crippen LogP contribution in [0.2, 0.25) is 0 Å². The first-order valence-electron chi connectivity index (χ1n) is 11.6. The maximum absolute atomic E-state index is 12.9. The number of ether oxygens (including phenoxy) is 1. The summed E-state index contributed by atoms with van der Waals surface area (Å²) in [5, 5.41) is 5.57. The third-order valence-corrected chi connectivity index (χ3v) is 6.31. The minimum absolute atomic E-state index is 0.0949. The van der Waals surface area contributed by atoms with E-state index in [-0.39, 0.29) is 12.8 Å². The monoisotopic (exact) mass is 443 g/mol. The number of carbonyl (C=O) groups is 4. The molecule has 2 N–H and O–H groups in total. The normalized spacial score (nSPS) is 19.3. The van der Waals surface area contributed by atoms with E-state index in [1.807, 2.05) is 0 Å². The molecule has 0 saturated carbocycles. The van der Waals surface area contributed by atoms with E-state index < -0.39 is 23.8 Å². The van der Waals surface area contributed by atoms with Crippen molar-refractivity contribution in [1.29, 1.82) is 0 Å². The van der Waals surface area contributed by atoms with Gasteiger partial charge in [0.1, 0.15) is 11.8 Å². The van der Waals surface area contributed by atoms with E-state index in [9.17, 15) is 19.2 Å². The van der Waals surface area contributed by atoms with Crippen LogP contribution in [0.5, 0.6) is 5.75 Å². The second-order valence-corrected chi connectivity index (χ2v) is 8.65. The molecule has 8 heteroatoms. The molecule has 2 saturated heterocycles. The lowest BCUT2D eigenvalue weighted by Crippen LogP contribution is -2.53. The molecule has 2 fully saturated rings. The highest BCUT2D eigenvalue weighted by molar-refractivity contribution is 6.07. The van der Waals surface area contributed by atoms with Gasteiger partial charge >= 0.3 is 0 Å². The van der Waals surface area contributed by atoms with Crippen LogP contribution in [0.15, 0.2) is 18.2 Å². The predicted molar refractivity (Wildman–Crippen MR) is 119 cm³/mol. The van der Waals surface area contributed by atoms with Gasteiger partial charge < -0.3 is 10.1 Å². The van der Waals surface area contributed by atoms with Gasteiger partial charge in [0.15, 0.2) is 0 Å². The molecule has 4 amide bonds. The first-order chi connectivity index (χ1) is 15.5. The quantitative estimate of drug-likeness (QED) is 0.327. The molecule has 0 aromatic heterocycles. The van der Waals surface area contributed by atoms with Gasteiger partial charge in [-0.1, -0.05) is 19.3 Å². The average Bonchev–Trinajstić information content (AvgIpc) is 2.78. The van der Waals surface area contributed by atoms with Crippen LogP contribution in [0.3, 0.4) is 0 Å². The van der Waals surface area contributed by atoms with Gasteiger partial charge in [0.25, 0.3) is 5.91 Å². The van der Waals surface area contributed by atoms with Crippen LogP contribution >= 0.6 is 0 Å². The van der Waals surface area contributed by atoms with E-state index in [1.165, 1.54) is 25.7 Å². The molecule has 2 aliphatic heterocycles. The lowest BCUT2D eigenvalue weighted by atomic mass is 9.92. The molecule has 0 bridgehead atoms. The number of rotatable bonds is 10. The highest BCUT2D eigenvalue weighted by atomic mass is 16.5.